The molecule has 1 heterocycles. The SMILES string of the molecule is O=C(O)C(CP(=O)(O)O)c1ccncc1. The summed E-state index contributed by atoms with van der Waals surface area (Å²) in [5, 5.41) is 8.83. The number of carboxylic acids is 1. The number of hydrogen-bond acceptors (Lipinski definition) is 3. The number of aliphatic carboxylic acids is 1. The second kappa shape index (κ2) is 4.53. The molecular weight excluding hydrogens is 221 g/mol. The van der Waals surface area contributed by atoms with Gasteiger partial charge in [-0.25, -0.2) is 0 Å². The Morgan fingerprint density at radius 3 is 2.33 bits per heavy atom. The molecular formula is C8H10NO5P. The Hall–Kier alpha value is -1.23. The van der Waals surface area contributed by atoms with E-state index in [9.17, 15) is 9.36 Å². The molecule has 0 aliphatic heterocycles. The Morgan fingerprint density at radius 1 is 1.40 bits per heavy atom. The van der Waals surface area contributed by atoms with Gasteiger partial charge in [-0.05, 0) is 17.7 Å². The van der Waals surface area contributed by atoms with E-state index in [1.807, 2.05) is 0 Å². The lowest BCUT2D eigenvalue weighted by atomic mass is 10.0. The molecule has 0 amide bonds. The summed E-state index contributed by atoms with van der Waals surface area (Å²) < 4.78 is 10.7. The van der Waals surface area contributed by atoms with Crippen LogP contribution in [0.5, 0.6) is 0 Å². The van der Waals surface area contributed by atoms with Crippen LogP contribution in [0.15, 0.2) is 24.5 Å². The standard InChI is InChI=1S/C8H10NO5P/c10-8(11)7(5-15(12,13)14)6-1-3-9-4-2-6/h1-4,7H,5H2,(H,10,11)(H2,12,13,14). The molecule has 1 aromatic rings. The van der Waals surface area contributed by atoms with Crippen LogP contribution in [0.2, 0.25) is 0 Å². The first-order valence-corrected chi connectivity index (χ1v) is 5.87. The lowest BCUT2D eigenvalue weighted by Gasteiger charge is -2.12. The minimum Gasteiger partial charge on any atom is -0.481 e. The Labute approximate surface area is 85.8 Å². The minimum absolute atomic E-state index is 0.334. The molecule has 0 fully saturated rings. The van der Waals surface area contributed by atoms with Crippen molar-refractivity contribution in [1.29, 1.82) is 0 Å². The molecule has 0 aliphatic rings. The minimum atomic E-state index is -4.34. The Morgan fingerprint density at radius 2 is 1.93 bits per heavy atom. The van der Waals surface area contributed by atoms with Crippen LogP contribution in [0.1, 0.15) is 11.5 Å². The summed E-state index contributed by atoms with van der Waals surface area (Å²) >= 11 is 0. The summed E-state index contributed by atoms with van der Waals surface area (Å²) in [5.74, 6) is -2.46. The van der Waals surface area contributed by atoms with E-state index in [4.69, 9.17) is 14.9 Å². The molecule has 1 aromatic heterocycles. The van der Waals surface area contributed by atoms with E-state index in [0.29, 0.717) is 5.56 Å². The molecule has 0 saturated carbocycles. The largest absolute Gasteiger partial charge is 0.481 e. The smallest absolute Gasteiger partial charge is 0.326 e. The number of pyridine rings is 1. The highest BCUT2D eigenvalue weighted by Gasteiger charge is 2.28. The Balaban J connectivity index is 2.95. The number of carboxylic acid groups (broad SMARTS) is 1. The number of nitrogens with zero attached hydrogens (tertiary/aromatic N) is 1. The first-order chi connectivity index (χ1) is 6.90. The molecule has 0 aromatic carbocycles. The highest BCUT2D eigenvalue weighted by atomic mass is 31.2. The lowest BCUT2D eigenvalue weighted by molar-refractivity contribution is -0.138. The lowest BCUT2D eigenvalue weighted by Crippen LogP contribution is -2.16. The van der Waals surface area contributed by atoms with Crippen molar-refractivity contribution in [1.82, 2.24) is 4.98 Å². The molecule has 15 heavy (non-hydrogen) atoms. The van der Waals surface area contributed by atoms with Gasteiger partial charge in [0.25, 0.3) is 0 Å². The van der Waals surface area contributed by atoms with E-state index in [-0.39, 0.29) is 0 Å². The van der Waals surface area contributed by atoms with E-state index in [2.05, 4.69) is 4.98 Å². The molecule has 1 atom stereocenters. The van der Waals surface area contributed by atoms with Crippen LogP contribution in [0.4, 0.5) is 0 Å². The van der Waals surface area contributed by atoms with Gasteiger partial charge in [0.2, 0.25) is 0 Å². The second-order valence-corrected chi connectivity index (χ2v) is 4.71. The first-order valence-electron chi connectivity index (χ1n) is 4.07. The average Bonchev–Trinajstić information content (AvgIpc) is 2.14. The fourth-order valence-electron chi connectivity index (χ4n) is 1.16. The number of rotatable bonds is 4. The zero-order valence-electron chi connectivity index (χ0n) is 7.65. The molecule has 3 N–H and O–H groups in total. The maximum Gasteiger partial charge on any atom is 0.326 e. The van der Waals surface area contributed by atoms with Crippen LogP contribution in [0.25, 0.3) is 0 Å². The molecule has 7 heteroatoms. The van der Waals surface area contributed by atoms with Crippen molar-refractivity contribution < 1.29 is 24.3 Å². The Bertz CT molecular complexity index is 387. The van der Waals surface area contributed by atoms with Crippen LogP contribution < -0.4 is 0 Å². The van der Waals surface area contributed by atoms with Gasteiger partial charge in [-0.15, -0.1) is 0 Å². The molecule has 0 aliphatic carbocycles. The topological polar surface area (TPSA) is 108 Å². The number of hydrogen-bond donors (Lipinski definition) is 3. The van der Waals surface area contributed by atoms with Crippen molar-refractivity contribution in [3.05, 3.63) is 30.1 Å². The highest BCUT2D eigenvalue weighted by molar-refractivity contribution is 7.51. The molecule has 1 rings (SSSR count). The van der Waals surface area contributed by atoms with Gasteiger partial charge in [-0.2, -0.15) is 0 Å². The summed E-state index contributed by atoms with van der Waals surface area (Å²) in [4.78, 5) is 32.0. The van der Waals surface area contributed by atoms with Crippen molar-refractivity contribution in [2.45, 2.75) is 5.92 Å². The quantitative estimate of drug-likeness (QED) is 0.648. The summed E-state index contributed by atoms with van der Waals surface area (Å²) in [6.07, 6.45) is 2.06. The normalized spacial score (nSPS) is 13.5. The van der Waals surface area contributed by atoms with Gasteiger partial charge in [0.05, 0.1) is 12.1 Å². The van der Waals surface area contributed by atoms with Crippen LogP contribution in [-0.4, -0.2) is 32.0 Å². The van der Waals surface area contributed by atoms with Gasteiger partial charge in [0.15, 0.2) is 0 Å². The van der Waals surface area contributed by atoms with Crippen molar-refractivity contribution >= 4 is 13.6 Å². The highest BCUT2D eigenvalue weighted by Crippen LogP contribution is 2.40. The first kappa shape index (κ1) is 11.8. The fraction of sp³-hybridized carbons (Fsp3) is 0.250. The molecule has 1 unspecified atom stereocenters. The fourth-order valence-corrected chi connectivity index (χ4v) is 2.00. The van der Waals surface area contributed by atoms with Gasteiger partial charge in [-0.1, -0.05) is 0 Å². The summed E-state index contributed by atoms with van der Waals surface area (Å²) in [5.41, 5.74) is 0.334. The van der Waals surface area contributed by atoms with Crippen molar-refractivity contribution in [2.24, 2.45) is 0 Å². The van der Waals surface area contributed by atoms with Crippen LogP contribution in [-0.2, 0) is 9.36 Å². The third-order valence-electron chi connectivity index (χ3n) is 1.83. The van der Waals surface area contributed by atoms with Crippen molar-refractivity contribution in [2.75, 3.05) is 6.16 Å². The zero-order valence-corrected chi connectivity index (χ0v) is 8.54. The maximum absolute atomic E-state index is 10.8. The Kier molecular flexibility index (Phi) is 3.57. The summed E-state index contributed by atoms with van der Waals surface area (Å²) in [6, 6.07) is 2.85. The van der Waals surface area contributed by atoms with Crippen molar-refractivity contribution in [3.8, 4) is 0 Å². The molecule has 6 nitrogen and oxygen atoms in total. The molecule has 0 spiro atoms. The van der Waals surface area contributed by atoms with E-state index in [1.54, 1.807) is 0 Å². The molecule has 0 bridgehead atoms. The van der Waals surface area contributed by atoms with Crippen LogP contribution in [0.3, 0.4) is 0 Å². The average molecular weight is 231 g/mol. The van der Waals surface area contributed by atoms with Gasteiger partial charge in [-0.3, -0.25) is 14.3 Å². The number of carbonyl (C=O) groups is 1. The van der Waals surface area contributed by atoms with Crippen LogP contribution >= 0.6 is 7.60 Å². The second-order valence-electron chi connectivity index (χ2n) is 3.02. The summed E-state index contributed by atoms with van der Waals surface area (Å²) in [7, 11) is -4.34. The van der Waals surface area contributed by atoms with E-state index >= 15 is 0 Å². The molecule has 82 valence electrons. The third-order valence-corrected chi connectivity index (χ3v) is 2.67. The monoisotopic (exact) mass is 231 g/mol. The third kappa shape index (κ3) is 3.79. The molecule has 0 saturated heterocycles. The van der Waals surface area contributed by atoms with Gasteiger partial charge >= 0.3 is 13.6 Å². The predicted octanol–water partition coefficient (Wildman–Crippen LogP) is 0.427. The number of aromatic nitrogens is 1. The van der Waals surface area contributed by atoms with Gasteiger partial charge in [0, 0.05) is 12.4 Å². The van der Waals surface area contributed by atoms with E-state index in [1.165, 1.54) is 24.5 Å². The van der Waals surface area contributed by atoms with E-state index < -0.39 is 25.6 Å². The van der Waals surface area contributed by atoms with E-state index in [0.717, 1.165) is 0 Å². The van der Waals surface area contributed by atoms with Gasteiger partial charge in [0.1, 0.15) is 0 Å². The maximum atomic E-state index is 10.8. The zero-order chi connectivity index (χ0) is 11.5. The van der Waals surface area contributed by atoms with Crippen LogP contribution in [0, 0.1) is 0 Å². The predicted molar refractivity (Wildman–Crippen MR) is 51.5 cm³/mol. The van der Waals surface area contributed by atoms with Crippen molar-refractivity contribution in [3.63, 3.8) is 0 Å². The summed E-state index contributed by atoms with van der Waals surface area (Å²) in [6.45, 7) is 0. The van der Waals surface area contributed by atoms with Gasteiger partial charge < -0.3 is 14.9 Å². The molecule has 0 radical (unpaired) electrons.